The van der Waals surface area contributed by atoms with Crippen molar-refractivity contribution in [1.82, 2.24) is 15.3 Å². The number of imidazole rings is 1. The van der Waals surface area contributed by atoms with E-state index in [-0.39, 0.29) is 29.6 Å². The summed E-state index contributed by atoms with van der Waals surface area (Å²) in [6, 6.07) is 14.7. The molecule has 0 bridgehead atoms. The number of nitrogens with one attached hydrogen (secondary N) is 2. The molecule has 260 valence electrons. The number of fused-ring (bicyclic) bond motifs is 6. The molecule has 1 amide bonds. The number of ether oxygens (including phenoxy) is 3. The van der Waals surface area contributed by atoms with Gasteiger partial charge in [-0.15, -0.1) is 0 Å². The molecule has 0 spiro atoms. The smallest absolute Gasteiger partial charge is 0.407 e. The van der Waals surface area contributed by atoms with Gasteiger partial charge in [0.2, 0.25) is 0 Å². The topological polar surface area (TPSA) is 115 Å². The number of ketones is 1. The van der Waals surface area contributed by atoms with E-state index in [0.29, 0.717) is 32.0 Å². The fraction of sp³-hybridized carbons (Fsp3) is 0.463. The Morgan fingerprint density at radius 3 is 2.68 bits per heavy atom. The van der Waals surface area contributed by atoms with Gasteiger partial charge in [0.05, 0.1) is 36.8 Å². The van der Waals surface area contributed by atoms with Crippen LogP contribution in [0.15, 0.2) is 53.7 Å². The second-order valence-corrected chi connectivity index (χ2v) is 14.8. The molecule has 4 aliphatic rings. The van der Waals surface area contributed by atoms with Gasteiger partial charge < -0.3 is 24.5 Å². The molecule has 3 aromatic carbocycles. The Morgan fingerprint density at radius 2 is 1.90 bits per heavy atom. The van der Waals surface area contributed by atoms with Crippen LogP contribution in [0.5, 0.6) is 5.75 Å². The molecule has 9 nitrogen and oxygen atoms in total. The number of aromatic amines is 1. The molecule has 3 heterocycles. The number of nitrogens with zero attached hydrogens (tertiary/aromatic N) is 2. The number of carbonyl (C=O) groups excluding carboxylic acids is 2. The van der Waals surface area contributed by atoms with E-state index in [1.165, 1.54) is 49.5 Å². The number of aromatic nitrogens is 2. The summed E-state index contributed by atoms with van der Waals surface area (Å²) in [5.74, 6) is 2.11. The molecule has 4 aromatic rings. The van der Waals surface area contributed by atoms with Crippen LogP contribution in [-0.4, -0.2) is 53.4 Å². The Balaban J connectivity index is 1.06. The maximum absolute atomic E-state index is 14.1. The highest BCUT2D eigenvalue weighted by Crippen LogP contribution is 2.46. The summed E-state index contributed by atoms with van der Waals surface area (Å²) in [6.07, 6.45) is 8.38. The Kier molecular flexibility index (Phi) is 8.71. The SMILES string of the molecule is CCO[C@@H]1CC(C(=O)[C@@H](NC(=O)OC)C(C)C)[C@H](C2=Nc3ccc4cc5c(cc4c3C2)OCc2cc(-c3cnc(C4CCCC4)[nH]3)ccc2-5)C1. The predicted molar refractivity (Wildman–Crippen MR) is 194 cm³/mol. The number of hydrogen-bond acceptors (Lipinski definition) is 7. The van der Waals surface area contributed by atoms with E-state index in [1.54, 1.807) is 0 Å². The molecular weight excluding hydrogens is 628 g/mol. The third-order valence-electron chi connectivity index (χ3n) is 11.4. The first-order valence-corrected chi connectivity index (χ1v) is 18.3. The Bertz CT molecular complexity index is 1990. The number of carbonyl (C=O) groups is 2. The van der Waals surface area contributed by atoms with E-state index < -0.39 is 12.1 Å². The summed E-state index contributed by atoms with van der Waals surface area (Å²) >= 11 is 0. The van der Waals surface area contributed by atoms with E-state index in [0.717, 1.165) is 57.0 Å². The highest BCUT2D eigenvalue weighted by atomic mass is 16.5. The maximum atomic E-state index is 14.1. The standard InChI is InChI=1S/C41H46N4O5/c1-5-49-27-16-30(33(17-27)39(46)38(22(2)3)45-41(47)48-4)35-18-31-29-19-37-32(15-24(29)11-13-34(31)43-35)28-12-10-25(14-26(28)21-50-37)36-20-42-40(44-36)23-8-6-7-9-23/h10-15,19-20,22-23,27,30,33,38H,5-9,16-18,21H2,1-4H3,(H,42,44)(H,45,47)/t27-,30+,33?,38-/m0/s1. The molecule has 50 heavy (non-hydrogen) atoms. The van der Waals surface area contributed by atoms with Crippen molar-refractivity contribution in [3.63, 3.8) is 0 Å². The van der Waals surface area contributed by atoms with Gasteiger partial charge in [0.25, 0.3) is 0 Å². The minimum Gasteiger partial charge on any atom is -0.488 e. The molecule has 4 atom stereocenters. The van der Waals surface area contributed by atoms with Crippen LogP contribution in [0.3, 0.4) is 0 Å². The van der Waals surface area contributed by atoms with Gasteiger partial charge in [0.15, 0.2) is 5.78 Å². The highest BCUT2D eigenvalue weighted by molar-refractivity contribution is 6.06. The van der Waals surface area contributed by atoms with Gasteiger partial charge in [0.1, 0.15) is 18.2 Å². The van der Waals surface area contributed by atoms with Gasteiger partial charge in [-0.2, -0.15) is 0 Å². The lowest BCUT2D eigenvalue weighted by Gasteiger charge is -2.26. The number of rotatable bonds is 9. The number of methoxy groups -OCH3 is 1. The largest absolute Gasteiger partial charge is 0.488 e. The molecule has 2 aliphatic carbocycles. The zero-order valence-electron chi connectivity index (χ0n) is 29.4. The van der Waals surface area contributed by atoms with E-state index in [9.17, 15) is 9.59 Å². The monoisotopic (exact) mass is 674 g/mol. The molecule has 2 saturated carbocycles. The summed E-state index contributed by atoms with van der Waals surface area (Å²) in [6.45, 7) is 6.97. The van der Waals surface area contributed by atoms with Gasteiger partial charge in [-0.25, -0.2) is 9.78 Å². The van der Waals surface area contributed by atoms with Crippen LogP contribution in [0.25, 0.3) is 33.2 Å². The van der Waals surface area contributed by atoms with Gasteiger partial charge in [-0.05, 0) is 95.8 Å². The summed E-state index contributed by atoms with van der Waals surface area (Å²) in [4.78, 5) is 39.7. The Hall–Kier alpha value is -4.50. The molecule has 0 radical (unpaired) electrons. The van der Waals surface area contributed by atoms with E-state index >= 15 is 0 Å². The molecule has 2 N–H and O–H groups in total. The van der Waals surface area contributed by atoms with Gasteiger partial charge in [-0.1, -0.05) is 44.9 Å². The maximum Gasteiger partial charge on any atom is 0.407 e. The minimum absolute atomic E-state index is 0.0205. The lowest BCUT2D eigenvalue weighted by molar-refractivity contribution is -0.126. The zero-order valence-corrected chi connectivity index (χ0v) is 29.4. The van der Waals surface area contributed by atoms with Crippen molar-refractivity contribution in [2.75, 3.05) is 13.7 Å². The average molecular weight is 675 g/mol. The third kappa shape index (κ3) is 5.89. The Labute approximate surface area is 293 Å². The second kappa shape index (κ2) is 13.3. The lowest BCUT2D eigenvalue weighted by Crippen LogP contribution is -2.48. The fourth-order valence-electron chi connectivity index (χ4n) is 8.83. The third-order valence-corrected chi connectivity index (χ3v) is 11.4. The van der Waals surface area contributed by atoms with E-state index in [4.69, 9.17) is 24.2 Å². The number of hydrogen-bond donors (Lipinski definition) is 2. The van der Waals surface area contributed by atoms with Crippen LogP contribution in [0.4, 0.5) is 10.5 Å². The molecule has 2 fully saturated rings. The summed E-state index contributed by atoms with van der Waals surface area (Å²) in [7, 11) is 1.32. The predicted octanol–water partition coefficient (Wildman–Crippen LogP) is 8.46. The van der Waals surface area contributed by atoms with Gasteiger partial charge in [-0.3, -0.25) is 9.79 Å². The van der Waals surface area contributed by atoms with Crippen LogP contribution in [0.1, 0.15) is 82.2 Å². The van der Waals surface area contributed by atoms with Crippen LogP contribution in [0.2, 0.25) is 0 Å². The number of benzene rings is 3. The molecule has 9 heteroatoms. The summed E-state index contributed by atoms with van der Waals surface area (Å²) in [5.41, 5.74) is 8.78. The number of H-pyrrole nitrogens is 1. The van der Waals surface area contributed by atoms with Crippen molar-refractivity contribution in [1.29, 1.82) is 0 Å². The minimum atomic E-state index is -0.642. The lowest BCUT2D eigenvalue weighted by atomic mass is 9.81. The van der Waals surface area contributed by atoms with Crippen molar-refractivity contribution in [2.24, 2.45) is 22.7 Å². The molecule has 0 saturated heterocycles. The normalized spacial score (nSPS) is 21.8. The number of alkyl carbamates (subject to hydrolysis) is 1. The van der Waals surface area contributed by atoms with Gasteiger partial charge in [0, 0.05) is 42.1 Å². The van der Waals surface area contributed by atoms with Crippen molar-refractivity contribution in [3.05, 3.63) is 65.6 Å². The summed E-state index contributed by atoms with van der Waals surface area (Å²) < 4.78 is 17.3. The molecule has 2 aliphatic heterocycles. The fourth-order valence-corrected chi connectivity index (χ4v) is 8.83. The summed E-state index contributed by atoms with van der Waals surface area (Å²) in [5, 5.41) is 5.06. The van der Waals surface area contributed by atoms with E-state index in [2.05, 4.69) is 52.8 Å². The van der Waals surface area contributed by atoms with Crippen molar-refractivity contribution in [2.45, 2.75) is 90.4 Å². The second-order valence-electron chi connectivity index (χ2n) is 14.8. The zero-order chi connectivity index (χ0) is 34.5. The quantitative estimate of drug-likeness (QED) is 0.184. The first-order chi connectivity index (χ1) is 24.3. The highest BCUT2D eigenvalue weighted by Gasteiger charge is 2.45. The molecule has 8 rings (SSSR count). The van der Waals surface area contributed by atoms with Gasteiger partial charge >= 0.3 is 6.09 Å². The molecule has 1 aromatic heterocycles. The number of aliphatic imine (C=N–C) groups is 1. The van der Waals surface area contributed by atoms with Crippen molar-refractivity contribution in [3.8, 4) is 28.1 Å². The van der Waals surface area contributed by atoms with Crippen LogP contribution in [0, 0.1) is 17.8 Å². The van der Waals surface area contributed by atoms with Crippen LogP contribution >= 0.6 is 0 Å². The molecule has 1 unspecified atom stereocenters. The first-order valence-electron chi connectivity index (χ1n) is 18.3. The van der Waals surface area contributed by atoms with Crippen LogP contribution < -0.4 is 10.1 Å². The average Bonchev–Trinajstić information content (AvgIpc) is 3.95. The van der Waals surface area contributed by atoms with Crippen molar-refractivity contribution < 1.29 is 23.8 Å². The van der Waals surface area contributed by atoms with Crippen molar-refractivity contribution >= 4 is 34.0 Å². The van der Waals surface area contributed by atoms with E-state index in [1.807, 2.05) is 27.0 Å². The molecular formula is C41H46N4O5. The number of amides is 1. The first kappa shape index (κ1) is 32.7. The number of Topliss-reactive ketones (excluding diaryl/α,β-unsaturated/α-hetero) is 1. The van der Waals surface area contributed by atoms with Crippen LogP contribution in [-0.2, 0) is 27.3 Å². The Morgan fingerprint density at radius 1 is 1.06 bits per heavy atom.